The number of aryl methyl sites for hydroxylation is 1. The quantitative estimate of drug-likeness (QED) is 0.861. The molecule has 1 amide bonds. The van der Waals surface area contributed by atoms with Crippen molar-refractivity contribution in [2.24, 2.45) is 0 Å². The number of benzene rings is 1. The van der Waals surface area contributed by atoms with Crippen molar-refractivity contribution in [1.29, 1.82) is 0 Å². The van der Waals surface area contributed by atoms with Gasteiger partial charge in [-0.1, -0.05) is 43.2 Å². The smallest absolute Gasteiger partial charge is 0.233 e. The van der Waals surface area contributed by atoms with Gasteiger partial charge in [0, 0.05) is 30.9 Å². The van der Waals surface area contributed by atoms with Gasteiger partial charge in [-0.3, -0.25) is 4.79 Å². The van der Waals surface area contributed by atoms with E-state index in [4.69, 9.17) is 0 Å². The van der Waals surface area contributed by atoms with Crippen LogP contribution >= 0.6 is 0 Å². The van der Waals surface area contributed by atoms with E-state index in [2.05, 4.69) is 39.1 Å². The Morgan fingerprint density at radius 2 is 1.92 bits per heavy atom. The minimum atomic E-state index is -0.316. The fraction of sp³-hybridized carbons (Fsp3) is 0.476. The van der Waals surface area contributed by atoms with E-state index in [0.29, 0.717) is 5.91 Å². The molecular weight excluding hydrogens is 310 g/mol. The normalized spacial score (nSPS) is 22.3. The molecule has 25 heavy (non-hydrogen) atoms. The van der Waals surface area contributed by atoms with Gasteiger partial charge in [-0.05, 0) is 37.8 Å². The van der Waals surface area contributed by atoms with Crippen molar-refractivity contribution in [3.8, 4) is 0 Å². The SMILES string of the molecule is Cc1ccnc([C@H]2CCN(C(=O)C3(c4ccccc4)CCCC3)C2)n1. The van der Waals surface area contributed by atoms with E-state index in [1.165, 1.54) is 5.56 Å². The number of rotatable bonds is 3. The third-order valence-corrected chi connectivity index (χ3v) is 5.85. The Morgan fingerprint density at radius 1 is 1.16 bits per heavy atom. The summed E-state index contributed by atoms with van der Waals surface area (Å²) in [4.78, 5) is 24.6. The minimum Gasteiger partial charge on any atom is -0.341 e. The molecule has 0 N–H and O–H groups in total. The monoisotopic (exact) mass is 335 g/mol. The highest BCUT2D eigenvalue weighted by Crippen LogP contribution is 2.43. The second kappa shape index (κ2) is 6.58. The molecule has 2 fully saturated rings. The summed E-state index contributed by atoms with van der Waals surface area (Å²) in [6, 6.07) is 12.3. The van der Waals surface area contributed by atoms with Crippen molar-refractivity contribution >= 4 is 5.91 Å². The van der Waals surface area contributed by atoms with Crippen LogP contribution in [-0.2, 0) is 10.2 Å². The van der Waals surface area contributed by atoms with Crippen LogP contribution in [0, 0.1) is 6.92 Å². The molecule has 4 nitrogen and oxygen atoms in total. The Morgan fingerprint density at radius 3 is 2.64 bits per heavy atom. The predicted molar refractivity (Wildman–Crippen MR) is 97.3 cm³/mol. The van der Waals surface area contributed by atoms with Gasteiger partial charge in [-0.25, -0.2) is 9.97 Å². The van der Waals surface area contributed by atoms with Crippen molar-refractivity contribution in [3.05, 3.63) is 59.7 Å². The van der Waals surface area contributed by atoms with Gasteiger partial charge in [0.15, 0.2) is 0 Å². The number of likely N-dealkylation sites (tertiary alicyclic amines) is 1. The summed E-state index contributed by atoms with van der Waals surface area (Å²) in [6.07, 6.45) is 7.00. The maximum Gasteiger partial charge on any atom is 0.233 e. The second-order valence-electron chi connectivity index (χ2n) is 7.45. The van der Waals surface area contributed by atoms with E-state index in [0.717, 1.165) is 56.7 Å². The molecule has 1 saturated carbocycles. The highest BCUT2D eigenvalue weighted by molar-refractivity contribution is 5.89. The summed E-state index contributed by atoms with van der Waals surface area (Å²) in [5.74, 6) is 1.46. The maximum absolute atomic E-state index is 13.5. The van der Waals surface area contributed by atoms with E-state index in [9.17, 15) is 4.79 Å². The summed E-state index contributed by atoms with van der Waals surface area (Å²) in [5.41, 5.74) is 1.86. The summed E-state index contributed by atoms with van der Waals surface area (Å²) in [6.45, 7) is 3.55. The van der Waals surface area contributed by atoms with Crippen molar-refractivity contribution in [3.63, 3.8) is 0 Å². The van der Waals surface area contributed by atoms with Crippen molar-refractivity contribution in [2.75, 3.05) is 13.1 Å². The Balaban J connectivity index is 1.56. The zero-order valence-electron chi connectivity index (χ0n) is 14.8. The first kappa shape index (κ1) is 16.2. The first-order valence-corrected chi connectivity index (χ1v) is 9.33. The number of amides is 1. The van der Waals surface area contributed by atoms with Crippen molar-refractivity contribution < 1.29 is 4.79 Å². The standard InChI is InChI=1S/C21H25N3O/c1-16-9-13-22-19(23-16)17-10-14-24(15-17)20(25)21(11-5-6-12-21)18-7-3-2-4-8-18/h2-4,7-9,13,17H,5-6,10-12,14-15H2,1H3/t17-/m0/s1. The van der Waals surface area contributed by atoms with E-state index in [1.807, 2.05) is 25.3 Å². The average Bonchev–Trinajstić information content (AvgIpc) is 3.32. The van der Waals surface area contributed by atoms with Gasteiger partial charge in [0.2, 0.25) is 5.91 Å². The summed E-state index contributed by atoms with van der Waals surface area (Å²) < 4.78 is 0. The third-order valence-electron chi connectivity index (χ3n) is 5.85. The van der Waals surface area contributed by atoms with Gasteiger partial charge in [-0.2, -0.15) is 0 Å². The molecule has 4 rings (SSSR count). The molecule has 2 aromatic rings. The molecular formula is C21H25N3O. The molecule has 0 spiro atoms. The van der Waals surface area contributed by atoms with E-state index in [1.54, 1.807) is 0 Å². The average molecular weight is 335 g/mol. The minimum absolute atomic E-state index is 0.262. The molecule has 0 bridgehead atoms. The highest BCUT2D eigenvalue weighted by atomic mass is 16.2. The lowest BCUT2D eigenvalue weighted by Crippen LogP contribution is -2.44. The third kappa shape index (κ3) is 2.94. The van der Waals surface area contributed by atoms with Crippen LogP contribution in [0.25, 0.3) is 0 Å². The zero-order chi connectivity index (χ0) is 17.3. The van der Waals surface area contributed by atoms with E-state index in [-0.39, 0.29) is 11.3 Å². The summed E-state index contributed by atoms with van der Waals surface area (Å²) >= 11 is 0. The summed E-state index contributed by atoms with van der Waals surface area (Å²) in [7, 11) is 0. The molecule has 1 aliphatic heterocycles. The zero-order valence-corrected chi connectivity index (χ0v) is 14.8. The lowest BCUT2D eigenvalue weighted by Gasteiger charge is -2.33. The highest BCUT2D eigenvalue weighted by Gasteiger charge is 2.46. The Labute approximate surface area is 149 Å². The van der Waals surface area contributed by atoms with Crippen molar-refractivity contribution in [2.45, 2.75) is 50.4 Å². The van der Waals surface area contributed by atoms with E-state index >= 15 is 0 Å². The number of carbonyl (C=O) groups excluding carboxylic acids is 1. The first-order valence-electron chi connectivity index (χ1n) is 9.33. The Bertz CT molecular complexity index is 753. The van der Waals surface area contributed by atoms with Crippen LogP contribution in [0.5, 0.6) is 0 Å². The molecule has 4 heteroatoms. The van der Waals surface area contributed by atoms with E-state index < -0.39 is 0 Å². The molecule has 2 heterocycles. The molecule has 1 aromatic carbocycles. The topological polar surface area (TPSA) is 46.1 Å². The number of carbonyl (C=O) groups is 1. The Hall–Kier alpha value is -2.23. The Kier molecular flexibility index (Phi) is 4.28. The van der Waals surface area contributed by atoms with Crippen LogP contribution in [0.3, 0.4) is 0 Å². The molecule has 1 atom stereocenters. The van der Waals surface area contributed by atoms with Gasteiger partial charge in [-0.15, -0.1) is 0 Å². The fourth-order valence-corrected chi connectivity index (χ4v) is 4.48. The number of hydrogen-bond acceptors (Lipinski definition) is 3. The molecule has 1 aliphatic carbocycles. The lowest BCUT2D eigenvalue weighted by atomic mass is 9.77. The second-order valence-corrected chi connectivity index (χ2v) is 7.45. The van der Waals surface area contributed by atoms with Crippen LogP contribution in [0.1, 0.15) is 55.1 Å². The van der Waals surface area contributed by atoms with Crippen LogP contribution in [0.4, 0.5) is 0 Å². The van der Waals surface area contributed by atoms with Gasteiger partial charge in [0.05, 0.1) is 5.41 Å². The number of hydrogen-bond donors (Lipinski definition) is 0. The number of nitrogens with zero attached hydrogens (tertiary/aromatic N) is 3. The molecule has 0 unspecified atom stereocenters. The van der Waals surface area contributed by atoms with Crippen LogP contribution in [0.15, 0.2) is 42.6 Å². The molecule has 1 saturated heterocycles. The summed E-state index contributed by atoms with van der Waals surface area (Å²) in [5, 5.41) is 0. The van der Waals surface area contributed by atoms with Gasteiger partial charge < -0.3 is 4.90 Å². The molecule has 1 aromatic heterocycles. The molecule has 130 valence electrons. The fourth-order valence-electron chi connectivity index (χ4n) is 4.48. The van der Waals surface area contributed by atoms with Gasteiger partial charge in [0.1, 0.15) is 5.82 Å². The van der Waals surface area contributed by atoms with Crippen LogP contribution < -0.4 is 0 Å². The van der Waals surface area contributed by atoms with Gasteiger partial charge >= 0.3 is 0 Å². The first-order chi connectivity index (χ1) is 12.2. The van der Waals surface area contributed by atoms with Crippen molar-refractivity contribution in [1.82, 2.24) is 14.9 Å². The lowest BCUT2D eigenvalue weighted by molar-refractivity contribution is -0.136. The molecule has 0 radical (unpaired) electrons. The number of aromatic nitrogens is 2. The molecule has 2 aliphatic rings. The van der Waals surface area contributed by atoms with Crippen LogP contribution in [0.2, 0.25) is 0 Å². The predicted octanol–water partition coefficient (Wildman–Crippen LogP) is 3.61. The van der Waals surface area contributed by atoms with Gasteiger partial charge in [0.25, 0.3) is 0 Å². The maximum atomic E-state index is 13.5. The largest absolute Gasteiger partial charge is 0.341 e. The van der Waals surface area contributed by atoms with Crippen LogP contribution in [-0.4, -0.2) is 33.9 Å².